The number of ether oxygens (including phenoxy) is 1. The first-order valence-electron chi connectivity index (χ1n) is 12.0. The summed E-state index contributed by atoms with van der Waals surface area (Å²) in [6.07, 6.45) is 8.77. The highest BCUT2D eigenvalue weighted by molar-refractivity contribution is 7.85. The summed E-state index contributed by atoms with van der Waals surface area (Å²) in [6.45, 7) is 5.46. The molecule has 0 radical (unpaired) electrons. The third-order valence-corrected chi connectivity index (χ3v) is 9.96. The van der Waals surface area contributed by atoms with Gasteiger partial charge in [0, 0.05) is 0 Å². The molecule has 1 aromatic rings. The molecule has 5 aliphatic rings. The molecule has 0 heterocycles. The lowest BCUT2D eigenvalue weighted by Crippen LogP contribution is -2.54. The average Bonchev–Trinajstić information content (AvgIpc) is 3.38. The molecular formula is C25H34O5S. The molecule has 1 aromatic carbocycles. The minimum absolute atomic E-state index is 0.0353. The number of benzene rings is 1. The van der Waals surface area contributed by atoms with Crippen LogP contribution in [0.2, 0.25) is 0 Å². The van der Waals surface area contributed by atoms with Gasteiger partial charge in [-0.25, -0.2) is 0 Å². The Morgan fingerprint density at radius 1 is 1.00 bits per heavy atom. The molecule has 1 N–H and O–H groups in total. The van der Waals surface area contributed by atoms with Gasteiger partial charge >= 0.3 is 5.97 Å². The minimum atomic E-state index is -4.33. The van der Waals surface area contributed by atoms with E-state index in [0.717, 1.165) is 18.3 Å². The van der Waals surface area contributed by atoms with Crippen LogP contribution in [0.15, 0.2) is 17.0 Å². The Balaban J connectivity index is 1.44. The van der Waals surface area contributed by atoms with Crippen molar-refractivity contribution < 1.29 is 22.5 Å². The zero-order valence-electron chi connectivity index (χ0n) is 18.7. The van der Waals surface area contributed by atoms with E-state index >= 15 is 0 Å². The molecule has 0 aliphatic heterocycles. The second kappa shape index (κ2) is 7.58. The number of hydrogen-bond acceptors (Lipinski definition) is 4. The zero-order chi connectivity index (χ0) is 22.1. The van der Waals surface area contributed by atoms with E-state index in [0.29, 0.717) is 40.5 Å². The van der Waals surface area contributed by atoms with Crippen molar-refractivity contribution in [2.24, 2.45) is 41.4 Å². The fraction of sp³-hybridized carbons (Fsp3) is 0.720. The van der Waals surface area contributed by atoms with Crippen molar-refractivity contribution >= 4 is 16.1 Å². The predicted molar refractivity (Wildman–Crippen MR) is 117 cm³/mol. The molecular weight excluding hydrogens is 412 g/mol. The largest absolute Gasteiger partial charge is 0.426 e. The fourth-order valence-corrected chi connectivity index (χ4v) is 8.90. The number of hydrogen-bond donors (Lipinski definition) is 1. The molecule has 5 atom stereocenters. The van der Waals surface area contributed by atoms with E-state index < -0.39 is 10.1 Å². The van der Waals surface area contributed by atoms with Crippen LogP contribution in [0.25, 0.3) is 0 Å². The lowest BCUT2D eigenvalue weighted by atomic mass is 9.48. The second-order valence-electron chi connectivity index (χ2n) is 10.8. The quantitative estimate of drug-likeness (QED) is 0.382. The summed E-state index contributed by atoms with van der Waals surface area (Å²) in [5.74, 6) is 4.27. The van der Waals surface area contributed by atoms with Crippen LogP contribution in [0.1, 0.15) is 75.8 Å². The Bertz CT molecular complexity index is 975. The topological polar surface area (TPSA) is 80.7 Å². The van der Waals surface area contributed by atoms with Crippen molar-refractivity contribution in [3.63, 3.8) is 0 Å². The van der Waals surface area contributed by atoms with Gasteiger partial charge in [0.1, 0.15) is 5.75 Å². The molecule has 6 rings (SSSR count). The van der Waals surface area contributed by atoms with Crippen LogP contribution in [0, 0.1) is 48.3 Å². The van der Waals surface area contributed by atoms with Crippen molar-refractivity contribution in [2.75, 3.05) is 0 Å². The predicted octanol–water partition coefficient (Wildman–Crippen LogP) is 5.37. The van der Waals surface area contributed by atoms with Gasteiger partial charge in [0.25, 0.3) is 10.1 Å². The van der Waals surface area contributed by atoms with Crippen LogP contribution in [0.3, 0.4) is 0 Å². The molecule has 0 amide bonds. The standard InChI is InChI=1S/C25H34O5S/c1-13(2)19-12-22(14(3)10-23(19)31(27,28)29)30-25(26)21-11-20-15-6-4-8-17(15)24(21)18-9-5-7-16(18)20/h10,12-13,15-18,20-21,24H,4-9,11H2,1-3H3,(H,27,28,29). The van der Waals surface area contributed by atoms with Gasteiger partial charge in [-0.1, -0.05) is 26.7 Å². The first kappa shape index (κ1) is 21.4. The molecule has 5 aliphatic carbocycles. The highest BCUT2D eigenvalue weighted by Gasteiger charge is 2.61. The SMILES string of the molecule is Cc1cc(S(=O)(=O)O)c(C(C)C)cc1OC(=O)C1CC2C3CCCC3C1C1CCCC21. The maximum atomic E-state index is 13.5. The third-order valence-electron chi connectivity index (χ3n) is 9.05. The van der Waals surface area contributed by atoms with Gasteiger partial charge in [-0.05, 0) is 104 Å². The summed E-state index contributed by atoms with van der Waals surface area (Å²) in [4.78, 5) is 13.4. The number of esters is 1. The van der Waals surface area contributed by atoms with E-state index in [-0.39, 0.29) is 22.7 Å². The maximum absolute atomic E-state index is 13.5. The van der Waals surface area contributed by atoms with Gasteiger partial charge in [-0.2, -0.15) is 8.42 Å². The third kappa shape index (κ3) is 3.45. The zero-order valence-corrected chi connectivity index (χ0v) is 19.5. The van der Waals surface area contributed by atoms with Crippen LogP contribution in [-0.2, 0) is 14.9 Å². The maximum Gasteiger partial charge on any atom is 0.314 e. The Kier molecular flexibility index (Phi) is 5.25. The van der Waals surface area contributed by atoms with Crippen molar-refractivity contribution in [3.8, 4) is 5.75 Å². The Morgan fingerprint density at radius 2 is 1.58 bits per heavy atom. The number of rotatable bonds is 4. The normalized spacial score (nSPS) is 36.5. The summed E-state index contributed by atoms with van der Waals surface area (Å²) >= 11 is 0. The lowest BCUT2D eigenvalue weighted by Gasteiger charge is -2.56. The summed E-state index contributed by atoms with van der Waals surface area (Å²) in [5.41, 5.74) is 1.04. The van der Waals surface area contributed by atoms with Crippen LogP contribution < -0.4 is 4.74 Å². The van der Waals surface area contributed by atoms with Crippen LogP contribution in [0.5, 0.6) is 5.75 Å². The molecule has 0 spiro atoms. The van der Waals surface area contributed by atoms with Gasteiger partial charge in [0.15, 0.2) is 0 Å². The number of carbonyl (C=O) groups excluding carboxylic acids is 1. The van der Waals surface area contributed by atoms with E-state index in [2.05, 4.69) is 0 Å². The van der Waals surface area contributed by atoms with E-state index in [4.69, 9.17) is 4.74 Å². The highest BCUT2D eigenvalue weighted by Crippen LogP contribution is 2.65. The molecule has 0 saturated heterocycles. The number of aryl methyl sites for hydroxylation is 1. The van der Waals surface area contributed by atoms with E-state index in [1.807, 2.05) is 13.8 Å². The molecule has 5 fully saturated rings. The van der Waals surface area contributed by atoms with E-state index in [1.54, 1.807) is 13.0 Å². The van der Waals surface area contributed by atoms with Gasteiger partial charge in [0.2, 0.25) is 0 Å². The van der Waals surface area contributed by atoms with Gasteiger partial charge in [-0.3, -0.25) is 9.35 Å². The molecule has 0 aromatic heterocycles. The first-order valence-corrected chi connectivity index (χ1v) is 13.4. The highest BCUT2D eigenvalue weighted by atomic mass is 32.2. The van der Waals surface area contributed by atoms with Crippen molar-refractivity contribution in [1.29, 1.82) is 0 Å². The summed E-state index contributed by atoms with van der Waals surface area (Å²) in [7, 11) is -4.33. The van der Waals surface area contributed by atoms with Crippen LogP contribution >= 0.6 is 0 Å². The monoisotopic (exact) mass is 446 g/mol. The fourth-order valence-electron chi connectivity index (χ4n) is 7.98. The molecule has 170 valence electrons. The Labute approximate surface area is 185 Å². The Hall–Kier alpha value is -1.40. The molecule has 5 saturated carbocycles. The summed E-state index contributed by atoms with van der Waals surface area (Å²) in [5, 5.41) is 0. The number of fused-ring (bicyclic) bond motifs is 1. The summed E-state index contributed by atoms with van der Waals surface area (Å²) in [6, 6.07) is 3.07. The smallest absolute Gasteiger partial charge is 0.314 e. The molecule has 2 bridgehead atoms. The average molecular weight is 447 g/mol. The van der Waals surface area contributed by atoms with Crippen molar-refractivity contribution in [1.82, 2.24) is 0 Å². The minimum Gasteiger partial charge on any atom is -0.426 e. The molecule has 6 heteroatoms. The molecule has 5 unspecified atom stereocenters. The van der Waals surface area contributed by atoms with Gasteiger partial charge in [-0.15, -0.1) is 0 Å². The van der Waals surface area contributed by atoms with E-state index in [9.17, 15) is 17.8 Å². The van der Waals surface area contributed by atoms with Crippen LogP contribution in [0.4, 0.5) is 0 Å². The first-order chi connectivity index (χ1) is 14.7. The summed E-state index contributed by atoms with van der Waals surface area (Å²) < 4.78 is 39.3. The lowest BCUT2D eigenvalue weighted by molar-refractivity contribution is -0.157. The van der Waals surface area contributed by atoms with Crippen molar-refractivity contribution in [2.45, 2.75) is 76.5 Å². The van der Waals surface area contributed by atoms with Gasteiger partial charge < -0.3 is 4.74 Å². The second-order valence-corrected chi connectivity index (χ2v) is 12.2. The van der Waals surface area contributed by atoms with Crippen molar-refractivity contribution in [3.05, 3.63) is 23.3 Å². The molecule has 31 heavy (non-hydrogen) atoms. The Morgan fingerprint density at radius 3 is 2.13 bits per heavy atom. The number of carbonyl (C=O) groups is 1. The van der Waals surface area contributed by atoms with Crippen LogP contribution in [-0.4, -0.2) is 18.9 Å². The van der Waals surface area contributed by atoms with E-state index in [1.165, 1.54) is 44.6 Å². The van der Waals surface area contributed by atoms with Gasteiger partial charge in [0.05, 0.1) is 10.8 Å². The molecule has 5 nitrogen and oxygen atoms in total.